The molecule has 0 aromatic heterocycles. The maximum Gasteiger partial charge on any atom is 0.307 e. The van der Waals surface area contributed by atoms with Gasteiger partial charge in [0, 0.05) is 5.54 Å². The molecule has 110 valence electrons. The standard InChI is InChI=1S/C17H25NO2/c18-17(11-5-2-6-12-17)14-16(19)20-13-7-10-15-8-3-1-4-9-15/h1,3-4,8-9H,2,5-7,10-14,18H2. The van der Waals surface area contributed by atoms with Gasteiger partial charge >= 0.3 is 5.97 Å². The number of benzene rings is 1. The van der Waals surface area contributed by atoms with Crippen LogP contribution in [0.15, 0.2) is 30.3 Å². The summed E-state index contributed by atoms with van der Waals surface area (Å²) in [7, 11) is 0. The zero-order valence-electron chi connectivity index (χ0n) is 12.1. The van der Waals surface area contributed by atoms with Gasteiger partial charge in [0.15, 0.2) is 0 Å². The van der Waals surface area contributed by atoms with Crippen LogP contribution in [-0.4, -0.2) is 18.1 Å². The topological polar surface area (TPSA) is 52.3 Å². The Kier molecular flexibility index (Phi) is 5.60. The third-order valence-corrected chi connectivity index (χ3v) is 4.06. The van der Waals surface area contributed by atoms with Gasteiger partial charge in [-0.3, -0.25) is 4.79 Å². The fraction of sp³-hybridized carbons (Fsp3) is 0.588. The van der Waals surface area contributed by atoms with E-state index in [1.54, 1.807) is 0 Å². The van der Waals surface area contributed by atoms with Crippen LogP contribution in [0.5, 0.6) is 0 Å². The molecule has 0 saturated heterocycles. The quantitative estimate of drug-likeness (QED) is 0.640. The highest BCUT2D eigenvalue weighted by molar-refractivity contribution is 5.70. The number of ether oxygens (including phenoxy) is 1. The van der Waals surface area contributed by atoms with Gasteiger partial charge in [0.1, 0.15) is 0 Å². The lowest BCUT2D eigenvalue weighted by molar-refractivity contribution is -0.145. The minimum atomic E-state index is -0.311. The monoisotopic (exact) mass is 275 g/mol. The zero-order valence-corrected chi connectivity index (χ0v) is 12.1. The zero-order chi connectivity index (χ0) is 14.3. The van der Waals surface area contributed by atoms with E-state index in [0.717, 1.165) is 38.5 Å². The van der Waals surface area contributed by atoms with Gasteiger partial charge in [0.25, 0.3) is 0 Å². The van der Waals surface area contributed by atoms with Crippen LogP contribution in [0.3, 0.4) is 0 Å². The lowest BCUT2D eigenvalue weighted by Crippen LogP contribution is -2.43. The second kappa shape index (κ2) is 7.44. The predicted octanol–water partition coefficient (Wildman–Crippen LogP) is 3.21. The van der Waals surface area contributed by atoms with Gasteiger partial charge < -0.3 is 10.5 Å². The van der Waals surface area contributed by atoms with E-state index in [-0.39, 0.29) is 11.5 Å². The van der Waals surface area contributed by atoms with E-state index < -0.39 is 0 Å². The number of aryl methyl sites for hydroxylation is 1. The number of carbonyl (C=O) groups excluding carboxylic acids is 1. The Balaban J connectivity index is 1.63. The molecule has 3 nitrogen and oxygen atoms in total. The fourth-order valence-corrected chi connectivity index (χ4v) is 2.88. The molecule has 0 amide bonds. The predicted molar refractivity (Wildman–Crippen MR) is 80.3 cm³/mol. The Morgan fingerprint density at radius 2 is 1.85 bits per heavy atom. The van der Waals surface area contributed by atoms with Gasteiger partial charge in [-0.1, -0.05) is 49.6 Å². The summed E-state index contributed by atoms with van der Waals surface area (Å²) in [5.74, 6) is -0.137. The maximum atomic E-state index is 11.8. The Labute approximate surface area is 121 Å². The second-order valence-electron chi connectivity index (χ2n) is 5.91. The smallest absolute Gasteiger partial charge is 0.307 e. The highest BCUT2D eigenvalue weighted by atomic mass is 16.5. The molecule has 20 heavy (non-hydrogen) atoms. The molecule has 0 aliphatic heterocycles. The fourth-order valence-electron chi connectivity index (χ4n) is 2.88. The van der Waals surface area contributed by atoms with Crippen molar-refractivity contribution in [2.24, 2.45) is 5.73 Å². The van der Waals surface area contributed by atoms with Crippen molar-refractivity contribution in [1.29, 1.82) is 0 Å². The molecule has 1 aromatic rings. The van der Waals surface area contributed by atoms with Gasteiger partial charge in [-0.25, -0.2) is 0 Å². The third-order valence-electron chi connectivity index (χ3n) is 4.06. The van der Waals surface area contributed by atoms with E-state index in [2.05, 4.69) is 12.1 Å². The van der Waals surface area contributed by atoms with Crippen LogP contribution in [-0.2, 0) is 16.0 Å². The van der Waals surface area contributed by atoms with Crippen molar-refractivity contribution in [2.45, 2.75) is 56.9 Å². The molecule has 1 aliphatic rings. The van der Waals surface area contributed by atoms with Gasteiger partial charge in [0.2, 0.25) is 0 Å². The van der Waals surface area contributed by atoms with Crippen molar-refractivity contribution in [3.63, 3.8) is 0 Å². The normalized spacial score (nSPS) is 17.6. The average molecular weight is 275 g/mol. The van der Waals surface area contributed by atoms with E-state index >= 15 is 0 Å². The molecule has 3 heteroatoms. The van der Waals surface area contributed by atoms with Crippen LogP contribution < -0.4 is 5.73 Å². The van der Waals surface area contributed by atoms with Crippen molar-refractivity contribution in [1.82, 2.24) is 0 Å². The molecule has 0 unspecified atom stereocenters. The summed E-state index contributed by atoms with van der Waals surface area (Å²) in [6.07, 6.45) is 7.60. The van der Waals surface area contributed by atoms with Crippen molar-refractivity contribution in [3.05, 3.63) is 35.9 Å². The number of esters is 1. The number of nitrogens with two attached hydrogens (primary N) is 1. The Bertz CT molecular complexity index is 410. The molecule has 1 aliphatic carbocycles. The van der Waals surface area contributed by atoms with Crippen LogP contribution in [0.1, 0.15) is 50.5 Å². The summed E-state index contributed by atoms with van der Waals surface area (Å²) >= 11 is 0. The second-order valence-corrected chi connectivity index (χ2v) is 5.91. The first-order valence-electron chi connectivity index (χ1n) is 7.66. The summed E-state index contributed by atoms with van der Waals surface area (Å²) in [6, 6.07) is 10.3. The summed E-state index contributed by atoms with van der Waals surface area (Å²) in [5.41, 5.74) is 7.23. The molecule has 0 atom stereocenters. The van der Waals surface area contributed by atoms with E-state index in [1.165, 1.54) is 12.0 Å². The first kappa shape index (κ1) is 15.0. The van der Waals surface area contributed by atoms with Gasteiger partial charge in [-0.05, 0) is 31.2 Å². The number of carbonyl (C=O) groups is 1. The number of rotatable bonds is 6. The first-order chi connectivity index (χ1) is 9.68. The molecular weight excluding hydrogens is 250 g/mol. The molecule has 0 radical (unpaired) electrons. The minimum absolute atomic E-state index is 0.137. The highest BCUT2D eigenvalue weighted by Gasteiger charge is 2.30. The van der Waals surface area contributed by atoms with Crippen LogP contribution in [0.25, 0.3) is 0 Å². The largest absolute Gasteiger partial charge is 0.466 e. The van der Waals surface area contributed by atoms with Gasteiger partial charge in [-0.15, -0.1) is 0 Å². The van der Waals surface area contributed by atoms with Crippen LogP contribution in [0, 0.1) is 0 Å². The molecule has 1 aromatic carbocycles. The van der Waals surface area contributed by atoms with Crippen molar-refractivity contribution in [2.75, 3.05) is 6.61 Å². The van der Waals surface area contributed by atoms with Crippen molar-refractivity contribution >= 4 is 5.97 Å². The van der Waals surface area contributed by atoms with E-state index in [9.17, 15) is 4.79 Å². The molecule has 2 N–H and O–H groups in total. The third kappa shape index (κ3) is 4.97. The van der Waals surface area contributed by atoms with Gasteiger partial charge in [-0.2, -0.15) is 0 Å². The van der Waals surface area contributed by atoms with Crippen molar-refractivity contribution < 1.29 is 9.53 Å². The van der Waals surface area contributed by atoms with Crippen LogP contribution in [0.2, 0.25) is 0 Å². The Morgan fingerprint density at radius 3 is 2.55 bits per heavy atom. The summed E-state index contributed by atoms with van der Waals surface area (Å²) in [6.45, 7) is 0.490. The minimum Gasteiger partial charge on any atom is -0.466 e. The lowest BCUT2D eigenvalue weighted by Gasteiger charge is -2.32. The molecule has 2 rings (SSSR count). The number of hydrogen-bond acceptors (Lipinski definition) is 3. The molecule has 0 heterocycles. The first-order valence-corrected chi connectivity index (χ1v) is 7.66. The average Bonchev–Trinajstić information content (AvgIpc) is 2.45. The van der Waals surface area contributed by atoms with Crippen LogP contribution in [0.4, 0.5) is 0 Å². The Hall–Kier alpha value is -1.35. The summed E-state index contributed by atoms with van der Waals surface area (Å²) in [5, 5.41) is 0. The van der Waals surface area contributed by atoms with Gasteiger partial charge in [0.05, 0.1) is 13.0 Å². The van der Waals surface area contributed by atoms with Crippen molar-refractivity contribution in [3.8, 4) is 0 Å². The highest BCUT2D eigenvalue weighted by Crippen LogP contribution is 2.28. The molecule has 0 spiro atoms. The molecular formula is C17H25NO2. The molecule has 0 bridgehead atoms. The Morgan fingerprint density at radius 1 is 1.15 bits per heavy atom. The summed E-state index contributed by atoms with van der Waals surface area (Å²) in [4.78, 5) is 11.8. The summed E-state index contributed by atoms with van der Waals surface area (Å²) < 4.78 is 5.31. The number of hydrogen-bond donors (Lipinski definition) is 1. The van der Waals surface area contributed by atoms with E-state index in [4.69, 9.17) is 10.5 Å². The lowest BCUT2D eigenvalue weighted by atomic mass is 9.80. The van der Waals surface area contributed by atoms with E-state index in [0.29, 0.717) is 13.0 Å². The molecule has 1 saturated carbocycles. The SMILES string of the molecule is NC1(CC(=O)OCCCc2ccccc2)CCCCC1. The van der Waals surface area contributed by atoms with E-state index in [1.807, 2.05) is 18.2 Å². The molecule has 1 fully saturated rings. The maximum absolute atomic E-state index is 11.8. The van der Waals surface area contributed by atoms with Crippen LogP contribution >= 0.6 is 0 Å².